The van der Waals surface area contributed by atoms with Crippen LogP contribution in [0.1, 0.15) is 176 Å². The summed E-state index contributed by atoms with van der Waals surface area (Å²) in [5, 5.41) is 0. The molecule has 0 aliphatic heterocycles. The Morgan fingerprint density at radius 2 is 1.13 bits per heavy atom. The van der Waals surface area contributed by atoms with Crippen LogP contribution in [0.2, 0.25) is 0 Å². The molecule has 0 spiro atoms. The van der Waals surface area contributed by atoms with E-state index in [4.69, 9.17) is 9.47 Å². The molecule has 4 nitrogen and oxygen atoms in total. The molecule has 0 heterocycles. The van der Waals surface area contributed by atoms with Gasteiger partial charge in [-0.3, -0.25) is 9.59 Å². The molecule has 0 radical (unpaired) electrons. The van der Waals surface area contributed by atoms with Crippen LogP contribution in [-0.2, 0) is 19.1 Å². The van der Waals surface area contributed by atoms with Crippen molar-refractivity contribution in [2.24, 2.45) is 0 Å². The van der Waals surface area contributed by atoms with Crippen LogP contribution in [0.15, 0.2) is 23.3 Å². The normalized spacial score (nSPS) is 12.3. The lowest BCUT2D eigenvalue weighted by molar-refractivity contribution is -0.152. The number of rotatable bonds is 27. The number of ether oxygens (including phenoxy) is 2. The third-order valence-corrected chi connectivity index (χ3v) is 7.35. The monoisotopic (exact) mass is 548 g/mol. The number of carbonyl (C=O) groups is 2. The maximum atomic E-state index is 12.5. The van der Waals surface area contributed by atoms with E-state index < -0.39 is 0 Å². The predicted octanol–water partition coefficient (Wildman–Crippen LogP) is 11.0. The second kappa shape index (κ2) is 28.0. The largest absolute Gasteiger partial charge is 0.462 e. The summed E-state index contributed by atoms with van der Waals surface area (Å²) in [5.41, 5.74) is 2.57. The maximum absolute atomic E-state index is 12.5. The van der Waals surface area contributed by atoms with Crippen LogP contribution in [0.25, 0.3) is 0 Å². The zero-order chi connectivity index (χ0) is 29.0. The average Bonchev–Trinajstić information content (AvgIpc) is 2.89. The fourth-order valence-corrected chi connectivity index (χ4v) is 4.73. The molecule has 1 unspecified atom stereocenters. The van der Waals surface area contributed by atoms with Gasteiger partial charge in [0.2, 0.25) is 0 Å². The average molecular weight is 549 g/mol. The van der Waals surface area contributed by atoms with Crippen LogP contribution in [0.5, 0.6) is 0 Å². The third kappa shape index (κ3) is 27.8. The summed E-state index contributed by atoms with van der Waals surface area (Å²) in [6.07, 6.45) is 28.1. The molecule has 0 N–H and O–H groups in total. The van der Waals surface area contributed by atoms with Gasteiger partial charge in [0.15, 0.2) is 0 Å². The Morgan fingerprint density at radius 3 is 1.69 bits per heavy atom. The van der Waals surface area contributed by atoms with E-state index in [1.165, 1.54) is 88.2 Å². The molecule has 0 aromatic heterocycles. The number of esters is 2. The van der Waals surface area contributed by atoms with E-state index in [2.05, 4.69) is 40.7 Å². The van der Waals surface area contributed by atoms with Crippen LogP contribution >= 0.6 is 0 Å². The van der Waals surface area contributed by atoms with E-state index in [0.717, 1.165) is 44.9 Å². The standard InChI is InChI=1S/C35H64O4/c1-6-8-10-12-13-14-15-16-17-19-21-26-35(37)39-33(25-20-18-11-9-7-2)27-28-34(36)38-30-29-32(5)24-22-23-31(3)4/h23,29,33H,6-22,24-28,30H2,1-5H3. The molecule has 0 fully saturated rings. The van der Waals surface area contributed by atoms with Crippen molar-refractivity contribution < 1.29 is 19.1 Å². The Labute approximate surface area is 242 Å². The number of carbonyl (C=O) groups excluding carboxylic acids is 2. The smallest absolute Gasteiger partial charge is 0.306 e. The Kier molecular flexibility index (Phi) is 26.8. The van der Waals surface area contributed by atoms with Gasteiger partial charge in [0, 0.05) is 12.8 Å². The topological polar surface area (TPSA) is 52.6 Å². The first-order valence-corrected chi connectivity index (χ1v) is 16.5. The van der Waals surface area contributed by atoms with Gasteiger partial charge < -0.3 is 9.47 Å². The number of allylic oxidation sites excluding steroid dienone is 3. The van der Waals surface area contributed by atoms with Gasteiger partial charge in [0.05, 0.1) is 0 Å². The molecule has 0 saturated carbocycles. The molecule has 1 atom stereocenters. The molecule has 0 aliphatic rings. The Hall–Kier alpha value is -1.58. The van der Waals surface area contributed by atoms with Gasteiger partial charge in [-0.1, -0.05) is 121 Å². The van der Waals surface area contributed by atoms with Crippen LogP contribution in [0.4, 0.5) is 0 Å². The van der Waals surface area contributed by atoms with Gasteiger partial charge in [-0.05, 0) is 65.4 Å². The zero-order valence-electron chi connectivity index (χ0n) is 26.6. The molecular weight excluding hydrogens is 484 g/mol. The van der Waals surface area contributed by atoms with Crippen molar-refractivity contribution in [2.45, 2.75) is 182 Å². The van der Waals surface area contributed by atoms with E-state index in [0.29, 0.717) is 25.9 Å². The quantitative estimate of drug-likeness (QED) is 0.0582. The SMILES string of the molecule is CCCCCCCCCCCCCC(=O)OC(CCCCCCC)CCC(=O)OCC=C(C)CCC=C(C)C. The first-order valence-electron chi connectivity index (χ1n) is 16.5. The third-order valence-electron chi connectivity index (χ3n) is 7.35. The summed E-state index contributed by atoms with van der Waals surface area (Å²) < 4.78 is 11.3. The van der Waals surface area contributed by atoms with Crippen LogP contribution in [0.3, 0.4) is 0 Å². The summed E-state index contributed by atoms with van der Waals surface area (Å²) >= 11 is 0. The first-order chi connectivity index (χ1) is 18.9. The van der Waals surface area contributed by atoms with Gasteiger partial charge >= 0.3 is 11.9 Å². The maximum Gasteiger partial charge on any atom is 0.306 e. The fraction of sp³-hybridized carbons (Fsp3) is 0.829. The minimum Gasteiger partial charge on any atom is -0.462 e. The summed E-state index contributed by atoms with van der Waals surface area (Å²) in [5.74, 6) is -0.312. The summed E-state index contributed by atoms with van der Waals surface area (Å²) in [4.78, 5) is 24.8. The number of unbranched alkanes of at least 4 members (excludes halogenated alkanes) is 14. The Balaban J connectivity index is 4.25. The second-order valence-corrected chi connectivity index (χ2v) is 11.7. The van der Waals surface area contributed by atoms with Crippen molar-refractivity contribution >= 4 is 11.9 Å². The lowest BCUT2D eigenvalue weighted by atomic mass is 10.0. The molecule has 0 aromatic rings. The van der Waals surface area contributed by atoms with Crippen molar-refractivity contribution in [3.63, 3.8) is 0 Å². The van der Waals surface area contributed by atoms with E-state index >= 15 is 0 Å². The molecule has 0 aromatic carbocycles. The van der Waals surface area contributed by atoms with Crippen molar-refractivity contribution in [3.8, 4) is 0 Å². The predicted molar refractivity (Wildman–Crippen MR) is 167 cm³/mol. The van der Waals surface area contributed by atoms with Crippen LogP contribution in [0, 0.1) is 0 Å². The molecular formula is C35H64O4. The van der Waals surface area contributed by atoms with Crippen molar-refractivity contribution in [2.75, 3.05) is 6.61 Å². The molecule has 228 valence electrons. The molecule has 0 amide bonds. The van der Waals surface area contributed by atoms with Gasteiger partial charge in [0.25, 0.3) is 0 Å². The van der Waals surface area contributed by atoms with Crippen LogP contribution in [-0.4, -0.2) is 24.6 Å². The molecule has 0 bridgehead atoms. The molecule has 0 rings (SSSR count). The Morgan fingerprint density at radius 1 is 0.590 bits per heavy atom. The molecule has 0 aliphatic carbocycles. The van der Waals surface area contributed by atoms with E-state index in [1.54, 1.807) is 0 Å². The highest BCUT2D eigenvalue weighted by molar-refractivity contribution is 5.70. The number of hydrogen-bond acceptors (Lipinski definition) is 4. The highest BCUT2D eigenvalue weighted by Crippen LogP contribution is 2.17. The van der Waals surface area contributed by atoms with Gasteiger partial charge in [-0.2, -0.15) is 0 Å². The minimum absolute atomic E-state index is 0.104. The molecule has 0 saturated heterocycles. The van der Waals surface area contributed by atoms with Gasteiger partial charge in [-0.25, -0.2) is 0 Å². The number of hydrogen-bond donors (Lipinski definition) is 0. The summed E-state index contributed by atoms with van der Waals surface area (Å²) in [7, 11) is 0. The lowest BCUT2D eigenvalue weighted by Gasteiger charge is -2.18. The van der Waals surface area contributed by atoms with Crippen molar-refractivity contribution in [1.82, 2.24) is 0 Å². The fourth-order valence-electron chi connectivity index (χ4n) is 4.73. The van der Waals surface area contributed by atoms with E-state index in [-0.39, 0.29) is 18.0 Å². The van der Waals surface area contributed by atoms with Crippen molar-refractivity contribution in [1.29, 1.82) is 0 Å². The van der Waals surface area contributed by atoms with Gasteiger partial charge in [-0.15, -0.1) is 0 Å². The van der Waals surface area contributed by atoms with Crippen LogP contribution < -0.4 is 0 Å². The summed E-state index contributed by atoms with van der Waals surface area (Å²) in [6, 6.07) is 0. The van der Waals surface area contributed by atoms with E-state index in [9.17, 15) is 9.59 Å². The summed E-state index contributed by atoms with van der Waals surface area (Å²) in [6.45, 7) is 11.1. The Bertz CT molecular complexity index is 645. The zero-order valence-corrected chi connectivity index (χ0v) is 26.6. The van der Waals surface area contributed by atoms with Gasteiger partial charge in [0.1, 0.15) is 12.7 Å². The highest BCUT2D eigenvalue weighted by atomic mass is 16.5. The first kappa shape index (κ1) is 37.4. The highest BCUT2D eigenvalue weighted by Gasteiger charge is 2.16. The van der Waals surface area contributed by atoms with E-state index in [1.807, 2.05) is 6.08 Å². The second-order valence-electron chi connectivity index (χ2n) is 11.7. The molecule has 4 heteroatoms. The van der Waals surface area contributed by atoms with Crippen molar-refractivity contribution in [3.05, 3.63) is 23.3 Å². The lowest BCUT2D eigenvalue weighted by Crippen LogP contribution is -2.20. The minimum atomic E-state index is -0.208. The molecule has 39 heavy (non-hydrogen) atoms.